The van der Waals surface area contributed by atoms with Crippen LogP contribution < -0.4 is 11.1 Å². The Labute approximate surface area is 122 Å². The summed E-state index contributed by atoms with van der Waals surface area (Å²) in [5, 5.41) is 3.55. The van der Waals surface area contributed by atoms with Crippen molar-refractivity contribution in [2.75, 3.05) is 5.73 Å². The molecule has 0 radical (unpaired) electrons. The molecule has 2 aromatic rings. The number of amides is 1. The highest BCUT2D eigenvalue weighted by molar-refractivity contribution is 7.21. The van der Waals surface area contributed by atoms with Crippen molar-refractivity contribution in [3.05, 3.63) is 28.9 Å². The second-order valence-corrected chi connectivity index (χ2v) is 6.54. The molecule has 0 saturated heterocycles. The molecule has 1 heterocycles. The number of fused-ring (bicyclic) bond motifs is 1. The highest BCUT2D eigenvalue weighted by atomic mass is 32.1. The van der Waals surface area contributed by atoms with Crippen molar-refractivity contribution in [2.24, 2.45) is 5.92 Å². The van der Waals surface area contributed by atoms with Gasteiger partial charge in [0.1, 0.15) is 10.7 Å². The molecule has 5 heteroatoms. The average molecular weight is 294 g/mol. The number of hydrogen-bond acceptors (Lipinski definition) is 3. The molecular weight excluding hydrogens is 275 g/mol. The highest BCUT2D eigenvalue weighted by Gasteiger charge is 2.18. The first-order chi connectivity index (χ1) is 9.38. The molecule has 1 amide bonds. The minimum Gasteiger partial charge on any atom is -0.397 e. The molecule has 0 aliphatic heterocycles. The molecule has 20 heavy (non-hydrogen) atoms. The van der Waals surface area contributed by atoms with Gasteiger partial charge in [0.15, 0.2) is 0 Å². The van der Waals surface area contributed by atoms with E-state index in [0.717, 1.165) is 11.1 Å². The summed E-state index contributed by atoms with van der Waals surface area (Å²) in [7, 11) is 0. The highest BCUT2D eigenvalue weighted by Crippen LogP contribution is 2.34. The molecule has 2 rings (SSSR count). The molecule has 3 N–H and O–H groups in total. The number of benzene rings is 1. The van der Waals surface area contributed by atoms with Gasteiger partial charge in [-0.1, -0.05) is 13.8 Å². The first-order valence-corrected chi connectivity index (χ1v) is 7.48. The van der Waals surface area contributed by atoms with Gasteiger partial charge in [0, 0.05) is 16.1 Å². The number of halogens is 1. The monoisotopic (exact) mass is 294 g/mol. The summed E-state index contributed by atoms with van der Waals surface area (Å²) >= 11 is 1.30. The lowest BCUT2D eigenvalue weighted by molar-refractivity contribution is 0.0941. The summed E-state index contributed by atoms with van der Waals surface area (Å²) in [4.78, 5) is 12.7. The number of nitrogen functional groups attached to an aromatic ring is 1. The van der Waals surface area contributed by atoms with Gasteiger partial charge in [0.25, 0.3) is 5.91 Å². The lowest BCUT2D eigenvalue weighted by Crippen LogP contribution is -2.33. The van der Waals surface area contributed by atoms with Crippen LogP contribution in [0, 0.1) is 11.7 Å². The van der Waals surface area contributed by atoms with Crippen LogP contribution in [0.2, 0.25) is 0 Å². The summed E-state index contributed by atoms with van der Waals surface area (Å²) in [5.74, 6) is -0.0152. The number of rotatable bonds is 4. The first-order valence-electron chi connectivity index (χ1n) is 6.67. The largest absolute Gasteiger partial charge is 0.397 e. The molecule has 0 spiro atoms. The van der Waals surface area contributed by atoms with E-state index in [1.807, 2.05) is 6.92 Å². The number of hydrogen-bond donors (Lipinski definition) is 2. The van der Waals surface area contributed by atoms with Gasteiger partial charge in [0.2, 0.25) is 0 Å². The number of anilines is 1. The summed E-state index contributed by atoms with van der Waals surface area (Å²) in [6, 6.07) is 4.49. The SMILES string of the molecule is CC(C)CC(C)NC(=O)c1sc2ccc(F)cc2c1N. The zero-order valence-corrected chi connectivity index (χ0v) is 12.7. The zero-order valence-electron chi connectivity index (χ0n) is 11.9. The lowest BCUT2D eigenvalue weighted by Gasteiger charge is -2.15. The minimum absolute atomic E-state index is 0.0869. The maximum atomic E-state index is 13.2. The van der Waals surface area contributed by atoms with Crippen LogP contribution in [0.3, 0.4) is 0 Å². The topological polar surface area (TPSA) is 55.1 Å². The van der Waals surface area contributed by atoms with Crippen molar-refractivity contribution < 1.29 is 9.18 Å². The average Bonchev–Trinajstić information content (AvgIpc) is 2.65. The van der Waals surface area contributed by atoms with Crippen LogP contribution in [0.5, 0.6) is 0 Å². The van der Waals surface area contributed by atoms with Crippen LogP contribution in [-0.2, 0) is 0 Å². The molecule has 1 unspecified atom stereocenters. The van der Waals surface area contributed by atoms with Crippen LogP contribution in [0.25, 0.3) is 10.1 Å². The molecule has 1 atom stereocenters. The summed E-state index contributed by atoms with van der Waals surface area (Å²) < 4.78 is 14.1. The quantitative estimate of drug-likeness (QED) is 0.901. The van der Waals surface area contributed by atoms with Gasteiger partial charge in [-0.05, 0) is 37.5 Å². The maximum Gasteiger partial charge on any atom is 0.263 e. The third kappa shape index (κ3) is 3.10. The number of carbonyl (C=O) groups is 1. The van der Waals surface area contributed by atoms with Crippen LogP contribution in [0.4, 0.5) is 10.1 Å². The van der Waals surface area contributed by atoms with Gasteiger partial charge < -0.3 is 11.1 Å². The zero-order chi connectivity index (χ0) is 14.9. The molecule has 1 aromatic heterocycles. The fourth-order valence-corrected chi connectivity index (χ4v) is 3.32. The Morgan fingerprint density at radius 2 is 2.10 bits per heavy atom. The second-order valence-electron chi connectivity index (χ2n) is 5.49. The maximum absolute atomic E-state index is 13.2. The van der Waals surface area contributed by atoms with E-state index in [1.165, 1.54) is 23.5 Å². The van der Waals surface area contributed by atoms with E-state index in [2.05, 4.69) is 19.2 Å². The molecular formula is C15H19FN2OS. The van der Waals surface area contributed by atoms with E-state index >= 15 is 0 Å². The number of carbonyl (C=O) groups excluding carboxylic acids is 1. The van der Waals surface area contributed by atoms with E-state index in [-0.39, 0.29) is 17.8 Å². The summed E-state index contributed by atoms with van der Waals surface area (Å²) in [5.41, 5.74) is 6.33. The fraction of sp³-hybridized carbons (Fsp3) is 0.400. The van der Waals surface area contributed by atoms with Gasteiger partial charge in [-0.2, -0.15) is 0 Å². The van der Waals surface area contributed by atoms with Gasteiger partial charge in [-0.15, -0.1) is 11.3 Å². The van der Waals surface area contributed by atoms with Crippen molar-refractivity contribution in [3.63, 3.8) is 0 Å². The standard InChI is InChI=1S/C15H19FN2OS/c1-8(2)6-9(3)18-15(19)14-13(17)11-7-10(16)4-5-12(11)20-14/h4-5,7-9H,6,17H2,1-3H3,(H,18,19). The normalized spacial score (nSPS) is 12.8. The minimum atomic E-state index is -0.345. The van der Waals surface area contributed by atoms with E-state index < -0.39 is 0 Å². The van der Waals surface area contributed by atoms with Gasteiger partial charge >= 0.3 is 0 Å². The molecule has 0 saturated carbocycles. The molecule has 1 aromatic carbocycles. The Kier molecular flexibility index (Phi) is 4.28. The Morgan fingerprint density at radius 3 is 2.75 bits per heavy atom. The Morgan fingerprint density at radius 1 is 1.40 bits per heavy atom. The molecule has 3 nitrogen and oxygen atoms in total. The molecule has 0 aliphatic carbocycles. The Hall–Kier alpha value is -1.62. The van der Waals surface area contributed by atoms with E-state index in [0.29, 0.717) is 21.9 Å². The predicted octanol–water partition coefficient (Wildman–Crippen LogP) is 3.79. The van der Waals surface area contributed by atoms with E-state index in [1.54, 1.807) is 6.07 Å². The third-order valence-corrected chi connectivity index (χ3v) is 4.28. The van der Waals surface area contributed by atoms with Crippen LogP contribution in [0.1, 0.15) is 36.9 Å². The molecule has 0 fully saturated rings. The van der Waals surface area contributed by atoms with Crippen molar-refractivity contribution in [3.8, 4) is 0 Å². The van der Waals surface area contributed by atoms with Crippen LogP contribution >= 0.6 is 11.3 Å². The summed E-state index contributed by atoms with van der Waals surface area (Å²) in [6.07, 6.45) is 0.908. The van der Waals surface area contributed by atoms with E-state index in [9.17, 15) is 9.18 Å². The van der Waals surface area contributed by atoms with Gasteiger partial charge in [0.05, 0.1) is 5.69 Å². The van der Waals surface area contributed by atoms with Crippen molar-refractivity contribution in [1.29, 1.82) is 0 Å². The second kappa shape index (κ2) is 5.79. The van der Waals surface area contributed by atoms with Gasteiger partial charge in [-0.3, -0.25) is 4.79 Å². The third-order valence-electron chi connectivity index (χ3n) is 3.10. The predicted molar refractivity (Wildman–Crippen MR) is 82.6 cm³/mol. The van der Waals surface area contributed by atoms with Crippen LogP contribution in [0.15, 0.2) is 18.2 Å². The molecule has 0 bridgehead atoms. The molecule has 108 valence electrons. The number of thiophene rings is 1. The first kappa shape index (κ1) is 14.8. The number of nitrogens with one attached hydrogen (secondary N) is 1. The Bertz CT molecular complexity index is 636. The van der Waals surface area contributed by atoms with Gasteiger partial charge in [-0.25, -0.2) is 4.39 Å². The Balaban J connectivity index is 2.24. The van der Waals surface area contributed by atoms with Crippen molar-refractivity contribution in [2.45, 2.75) is 33.2 Å². The van der Waals surface area contributed by atoms with E-state index in [4.69, 9.17) is 5.73 Å². The van der Waals surface area contributed by atoms with Crippen molar-refractivity contribution >= 4 is 33.0 Å². The number of nitrogens with two attached hydrogens (primary N) is 1. The molecule has 0 aliphatic rings. The smallest absolute Gasteiger partial charge is 0.263 e. The fourth-order valence-electron chi connectivity index (χ4n) is 2.31. The van der Waals surface area contributed by atoms with Crippen molar-refractivity contribution in [1.82, 2.24) is 5.32 Å². The van der Waals surface area contributed by atoms with Crippen LogP contribution in [-0.4, -0.2) is 11.9 Å². The lowest BCUT2D eigenvalue weighted by atomic mass is 10.1. The summed E-state index contributed by atoms with van der Waals surface area (Å²) in [6.45, 7) is 6.19.